The molecule has 0 unspecified atom stereocenters. The first-order valence-corrected chi connectivity index (χ1v) is 4.72. The van der Waals surface area contributed by atoms with E-state index >= 15 is 0 Å². The number of likely N-dealkylation sites (N-methyl/N-ethyl adjacent to an activating group) is 1. The van der Waals surface area contributed by atoms with Gasteiger partial charge in [0.1, 0.15) is 5.82 Å². The zero-order chi connectivity index (χ0) is 10.1. The standard InChI is InChI=1S/C10H15N3O/c1-12-4-2-8(3-5-12)9-6-10(11)13(14)7-9/h2,6-7,14H,3-5,11H2,1H3. The van der Waals surface area contributed by atoms with Gasteiger partial charge in [0.05, 0.1) is 6.20 Å². The Labute approximate surface area is 83.2 Å². The predicted octanol–water partition coefficient (Wildman–Crippen LogP) is 1.03. The average molecular weight is 193 g/mol. The molecule has 0 aliphatic carbocycles. The predicted molar refractivity (Wildman–Crippen MR) is 56.1 cm³/mol. The third-order valence-electron chi connectivity index (χ3n) is 2.61. The van der Waals surface area contributed by atoms with Crippen LogP contribution < -0.4 is 5.73 Å². The van der Waals surface area contributed by atoms with Crippen LogP contribution in [0.5, 0.6) is 0 Å². The molecule has 1 aliphatic rings. The molecule has 1 aromatic heterocycles. The number of anilines is 1. The van der Waals surface area contributed by atoms with Crippen LogP contribution in [0.3, 0.4) is 0 Å². The highest BCUT2D eigenvalue weighted by Gasteiger charge is 2.11. The van der Waals surface area contributed by atoms with Gasteiger partial charge in [-0.15, -0.1) is 0 Å². The highest BCUT2D eigenvalue weighted by atomic mass is 16.5. The molecule has 0 radical (unpaired) electrons. The molecule has 0 fully saturated rings. The molecule has 0 saturated heterocycles. The minimum atomic E-state index is 0.389. The number of hydrogen-bond donors (Lipinski definition) is 2. The molecule has 14 heavy (non-hydrogen) atoms. The summed E-state index contributed by atoms with van der Waals surface area (Å²) in [5.41, 5.74) is 7.84. The van der Waals surface area contributed by atoms with Gasteiger partial charge in [0.25, 0.3) is 0 Å². The summed E-state index contributed by atoms with van der Waals surface area (Å²) < 4.78 is 0.967. The monoisotopic (exact) mass is 193 g/mol. The quantitative estimate of drug-likeness (QED) is 0.655. The van der Waals surface area contributed by atoms with Crippen LogP contribution in [0.1, 0.15) is 12.0 Å². The second-order valence-electron chi connectivity index (χ2n) is 3.74. The number of nitrogens with two attached hydrogens (primary N) is 1. The summed E-state index contributed by atoms with van der Waals surface area (Å²) >= 11 is 0. The van der Waals surface area contributed by atoms with Gasteiger partial charge in [-0.25, -0.2) is 0 Å². The molecule has 4 heteroatoms. The lowest BCUT2D eigenvalue weighted by Crippen LogP contribution is -2.23. The Morgan fingerprint density at radius 3 is 2.79 bits per heavy atom. The van der Waals surface area contributed by atoms with E-state index in [1.54, 1.807) is 12.3 Å². The van der Waals surface area contributed by atoms with E-state index in [2.05, 4.69) is 18.0 Å². The van der Waals surface area contributed by atoms with Gasteiger partial charge in [-0.3, -0.25) is 0 Å². The van der Waals surface area contributed by atoms with E-state index in [9.17, 15) is 5.21 Å². The van der Waals surface area contributed by atoms with Gasteiger partial charge in [-0.05, 0) is 25.1 Å². The lowest BCUT2D eigenvalue weighted by molar-refractivity contribution is 0.193. The van der Waals surface area contributed by atoms with Gasteiger partial charge in [-0.2, -0.15) is 4.73 Å². The number of nitrogen functional groups attached to an aromatic ring is 1. The fourth-order valence-electron chi connectivity index (χ4n) is 1.68. The molecule has 3 N–H and O–H groups in total. The summed E-state index contributed by atoms with van der Waals surface area (Å²) in [5, 5.41) is 9.28. The van der Waals surface area contributed by atoms with Crippen molar-refractivity contribution in [1.82, 2.24) is 9.63 Å². The Morgan fingerprint density at radius 1 is 1.50 bits per heavy atom. The first kappa shape index (κ1) is 9.15. The molecule has 0 saturated carbocycles. The van der Waals surface area contributed by atoms with Crippen LogP contribution in [-0.4, -0.2) is 35.0 Å². The molecule has 2 rings (SSSR count). The van der Waals surface area contributed by atoms with Gasteiger partial charge < -0.3 is 15.8 Å². The van der Waals surface area contributed by atoms with Crippen molar-refractivity contribution in [2.45, 2.75) is 6.42 Å². The summed E-state index contributed by atoms with van der Waals surface area (Å²) in [6.45, 7) is 2.02. The number of aromatic nitrogens is 1. The third kappa shape index (κ3) is 1.61. The van der Waals surface area contributed by atoms with Gasteiger partial charge in [-0.1, -0.05) is 6.08 Å². The Hall–Kier alpha value is -1.42. The molecule has 2 heterocycles. The van der Waals surface area contributed by atoms with Crippen molar-refractivity contribution in [2.75, 3.05) is 25.9 Å². The maximum absolute atomic E-state index is 9.28. The molecule has 0 bridgehead atoms. The third-order valence-corrected chi connectivity index (χ3v) is 2.61. The van der Waals surface area contributed by atoms with Crippen LogP contribution in [0.15, 0.2) is 18.3 Å². The van der Waals surface area contributed by atoms with Crippen LogP contribution in [0, 0.1) is 0 Å². The van der Waals surface area contributed by atoms with Crippen molar-refractivity contribution in [1.29, 1.82) is 0 Å². The van der Waals surface area contributed by atoms with E-state index < -0.39 is 0 Å². The van der Waals surface area contributed by atoms with E-state index in [0.29, 0.717) is 5.82 Å². The van der Waals surface area contributed by atoms with Crippen molar-refractivity contribution in [3.63, 3.8) is 0 Å². The Kier molecular flexibility index (Phi) is 2.21. The zero-order valence-corrected chi connectivity index (χ0v) is 8.27. The number of nitrogens with zero attached hydrogens (tertiary/aromatic N) is 2. The average Bonchev–Trinajstić information content (AvgIpc) is 2.48. The second kappa shape index (κ2) is 3.38. The van der Waals surface area contributed by atoms with Crippen LogP contribution in [0.2, 0.25) is 0 Å². The van der Waals surface area contributed by atoms with Gasteiger partial charge in [0, 0.05) is 18.7 Å². The molecule has 0 aromatic carbocycles. The van der Waals surface area contributed by atoms with Crippen molar-refractivity contribution >= 4 is 11.4 Å². The molecule has 76 valence electrons. The second-order valence-corrected chi connectivity index (χ2v) is 3.74. The molecule has 4 nitrogen and oxygen atoms in total. The largest absolute Gasteiger partial charge is 0.427 e. The molecule has 1 aromatic rings. The molecular weight excluding hydrogens is 178 g/mol. The molecule has 0 spiro atoms. The van der Waals surface area contributed by atoms with Crippen LogP contribution >= 0.6 is 0 Å². The summed E-state index contributed by atoms with van der Waals surface area (Å²) in [6, 6.07) is 1.80. The topological polar surface area (TPSA) is 54.4 Å². The van der Waals surface area contributed by atoms with Gasteiger partial charge >= 0.3 is 0 Å². The van der Waals surface area contributed by atoms with E-state index in [1.807, 2.05) is 0 Å². The van der Waals surface area contributed by atoms with Crippen LogP contribution in [0.25, 0.3) is 5.57 Å². The summed E-state index contributed by atoms with van der Waals surface area (Å²) in [6.07, 6.45) is 4.85. The summed E-state index contributed by atoms with van der Waals surface area (Å²) in [4.78, 5) is 2.25. The summed E-state index contributed by atoms with van der Waals surface area (Å²) in [5.74, 6) is 0.389. The minimum absolute atomic E-state index is 0.389. The Bertz CT molecular complexity index is 348. The SMILES string of the molecule is CN1CC=C(c2cc(N)n(O)c2)CC1. The van der Waals surface area contributed by atoms with Gasteiger partial charge in [0.15, 0.2) is 0 Å². The van der Waals surface area contributed by atoms with E-state index in [4.69, 9.17) is 5.73 Å². The van der Waals surface area contributed by atoms with Crippen LogP contribution in [0.4, 0.5) is 5.82 Å². The van der Waals surface area contributed by atoms with E-state index in [1.165, 1.54) is 5.57 Å². The maximum Gasteiger partial charge on any atom is 0.140 e. The van der Waals surface area contributed by atoms with Crippen molar-refractivity contribution in [3.8, 4) is 0 Å². The van der Waals surface area contributed by atoms with Gasteiger partial charge in [0.2, 0.25) is 0 Å². The lowest BCUT2D eigenvalue weighted by atomic mass is 10.0. The van der Waals surface area contributed by atoms with Crippen LogP contribution in [-0.2, 0) is 0 Å². The fourth-order valence-corrected chi connectivity index (χ4v) is 1.68. The fraction of sp³-hybridized carbons (Fsp3) is 0.400. The first-order valence-electron chi connectivity index (χ1n) is 4.72. The Morgan fingerprint density at radius 2 is 2.29 bits per heavy atom. The Balaban J connectivity index is 2.23. The molecular formula is C10H15N3O. The number of rotatable bonds is 1. The maximum atomic E-state index is 9.28. The number of hydrogen-bond acceptors (Lipinski definition) is 3. The minimum Gasteiger partial charge on any atom is -0.427 e. The van der Waals surface area contributed by atoms with E-state index in [0.717, 1.165) is 29.8 Å². The normalized spacial score (nSPS) is 18.2. The van der Waals surface area contributed by atoms with Crippen molar-refractivity contribution in [2.24, 2.45) is 0 Å². The van der Waals surface area contributed by atoms with Crippen molar-refractivity contribution in [3.05, 3.63) is 23.9 Å². The first-order chi connectivity index (χ1) is 6.66. The lowest BCUT2D eigenvalue weighted by Gasteiger charge is -2.21. The van der Waals surface area contributed by atoms with E-state index in [-0.39, 0.29) is 0 Å². The molecule has 1 aliphatic heterocycles. The smallest absolute Gasteiger partial charge is 0.140 e. The summed E-state index contributed by atoms with van der Waals surface area (Å²) in [7, 11) is 2.10. The molecule has 0 atom stereocenters. The highest BCUT2D eigenvalue weighted by Crippen LogP contribution is 2.23. The van der Waals surface area contributed by atoms with Crippen molar-refractivity contribution < 1.29 is 5.21 Å². The zero-order valence-electron chi connectivity index (χ0n) is 8.27. The molecule has 0 amide bonds. The highest BCUT2D eigenvalue weighted by molar-refractivity contribution is 5.68.